The molecule has 3 heteroatoms. The molecule has 0 amide bonds. The number of carbonyl (C=O) groups excluding carboxylic acids is 2. The van der Waals surface area contributed by atoms with Gasteiger partial charge in [-0.2, -0.15) is 0 Å². The molecule has 0 aliphatic heterocycles. The minimum atomic E-state index is -0.473. The summed E-state index contributed by atoms with van der Waals surface area (Å²) in [6.45, 7) is 0. The normalized spacial score (nSPS) is 9.85. The number of aldehydes is 1. The molecule has 0 atom stereocenters. The van der Waals surface area contributed by atoms with Crippen LogP contribution < -0.4 is 0 Å². The number of allylic oxidation sites excluding steroid dienone is 1. The molecule has 66 valence electrons. The highest BCUT2D eigenvalue weighted by Gasteiger charge is 2.02. The molecule has 13 heavy (non-hydrogen) atoms. The van der Waals surface area contributed by atoms with E-state index in [1.165, 1.54) is 0 Å². The second-order valence-corrected chi connectivity index (χ2v) is 2.24. The maximum absolute atomic E-state index is 11.1. The molecule has 0 saturated heterocycles. The van der Waals surface area contributed by atoms with E-state index in [0.29, 0.717) is 11.8 Å². The molecule has 1 aromatic carbocycles. The Morgan fingerprint density at radius 2 is 1.92 bits per heavy atom. The first-order valence-corrected chi connectivity index (χ1v) is 3.71. The topological polar surface area (TPSA) is 43.4 Å². The fourth-order valence-corrected chi connectivity index (χ4v) is 0.775. The lowest BCUT2D eigenvalue weighted by atomic mass is 10.2. The van der Waals surface area contributed by atoms with Crippen molar-refractivity contribution in [2.24, 2.45) is 0 Å². The lowest BCUT2D eigenvalue weighted by molar-refractivity contribution is -0.104. The van der Waals surface area contributed by atoms with Gasteiger partial charge >= 0.3 is 5.97 Å². The van der Waals surface area contributed by atoms with Crippen LogP contribution in [0.5, 0.6) is 0 Å². The lowest BCUT2D eigenvalue weighted by Crippen LogP contribution is -1.99. The maximum atomic E-state index is 11.1. The van der Waals surface area contributed by atoms with Crippen LogP contribution >= 0.6 is 0 Å². The van der Waals surface area contributed by atoms with Gasteiger partial charge < -0.3 is 4.74 Å². The number of esters is 1. The van der Waals surface area contributed by atoms with E-state index in [1.807, 2.05) is 0 Å². The van der Waals surface area contributed by atoms with Gasteiger partial charge in [-0.15, -0.1) is 0 Å². The molecule has 0 heterocycles. The van der Waals surface area contributed by atoms with Gasteiger partial charge in [-0.05, 0) is 12.1 Å². The summed E-state index contributed by atoms with van der Waals surface area (Å²) in [4.78, 5) is 21.0. The van der Waals surface area contributed by atoms with Gasteiger partial charge in [0.2, 0.25) is 0 Å². The van der Waals surface area contributed by atoms with Crippen molar-refractivity contribution in [1.29, 1.82) is 0 Å². The summed E-state index contributed by atoms with van der Waals surface area (Å²) in [7, 11) is 0. The molecule has 0 bridgehead atoms. The second-order valence-electron chi connectivity index (χ2n) is 2.24. The van der Waals surface area contributed by atoms with Crippen molar-refractivity contribution in [3.63, 3.8) is 0 Å². The largest absolute Gasteiger partial charge is 0.431 e. The Kier molecular flexibility index (Phi) is 3.45. The summed E-state index contributed by atoms with van der Waals surface area (Å²) in [6.07, 6.45) is 2.71. The average Bonchev–Trinajstić information content (AvgIpc) is 2.19. The summed E-state index contributed by atoms with van der Waals surface area (Å²) in [5.74, 6) is -0.473. The maximum Gasteiger partial charge on any atom is 0.342 e. The van der Waals surface area contributed by atoms with Crippen LogP contribution in [-0.2, 0) is 9.53 Å². The standard InChI is InChI=1S/C10H8O3/c11-7-4-8-13-10(12)9-5-2-1-3-6-9/h1-8H/b8-4+. The summed E-state index contributed by atoms with van der Waals surface area (Å²) in [5.41, 5.74) is 0.457. The van der Waals surface area contributed by atoms with E-state index in [1.54, 1.807) is 30.3 Å². The molecule has 0 fully saturated rings. The Hall–Kier alpha value is -1.90. The van der Waals surface area contributed by atoms with E-state index in [9.17, 15) is 9.59 Å². The fourth-order valence-electron chi connectivity index (χ4n) is 0.775. The molecule has 0 aliphatic rings. The fraction of sp³-hybridized carbons (Fsp3) is 0. The number of benzene rings is 1. The third-order valence-corrected chi connectivity index (χ3v) is 1.34. The molecule has 0 spiro atoms. The molecule has 0 radical (unpaired) electrons. The first-order chi connectivity index (χ1) is 6.34. The van der Waals surface area contributed by atoms with Crippen molar-refractivity contribution < 1.29 is 14.3 Å². The Labute approximate surface area is 75.6 Å². The smallest absolute Gasteiger partial charge is 0.342 e. The summed E-state index contributed by atoms with van der Waals surface area (Å²) < 4.78 is 4.62. The third kappa shape index (κ3) is 2.91. The molecule has 0 unspecified atom stereocenters. The number of ether oxygens (including phenoxy) is 1. The molecule has 3 nitrogen and oxygen atoms in total. The van der Waals surface area contributed by atoms with Crippen LogP contribution in [0, 0.1) is 0 Å². The first-order valence-electron chi connectivity index (χ1n) is 3.71. The summed E-state index contributed by atoms with van der Waals surface area (Å²) in [5, 5.41) is 0. The Bertz CT molecular complexity index is 314. The zero-order valence-electron chi connectivity index (χ0n) is 6.84. The second kappa shape index (κ2) is 4.87. The SMILES string of the molecule is O=C/C=C/OC(=O)c1ccccc1. The molecule has 1 rings (SSSR count). The number of rotatable bonds is 3. The van der Waals surface area contributed by atoms with Crippen LogP contribution in [0.3, 0.4) is 0 Å². The minimum Gasteiger partial charge on any atom is -0.431 e. The molecule has 0 N–H and O–H groups in total. The van der Waals surface area contributed by atoms with E-state index < -0.39 is 5.97 Å². The van der Waals surface area contributed by atoms with Crippen molar-refractivity contribution in [1.82, 2.24) is 0 Å². The van der Waals surface area contributed by atoms with Crippen LogP contribution in [0.15, 0.2) is 42.7 Å². The zero-order chi connectivity index (χ0) is 9.52. The molecule has 0 aliphatic carbocycles. The van der Waals surface area contributed by atoms with Crippen LogP contribution in [0.2, 0.25) is 0 Å². The average molecular weight is 176 g/mol. The predicted octanol–water partition coefficient (Wildman–Crippen LogP) is 1.56. The van der Waals surface area contributed by atoms with E-state index in [2.05, 4.69) is 4.74 Å². The van der Waals surface area contributed by atoms with Crippen molar-refractivity contribution in [3.8, 4) is 0 Å². The van der Waals surface area contributed by atoms with E-state index in [4.69, 9.17) is 0 Å². The minimum absolute atomic E-state index is 0.457. The third-order valence-electron chi connectivity index (χ3n) is 1.34. The van der Waals surface area contributed by atoms with E-state index in [-0.39, 0.29) is 0 Å². The quantitative estimate of drug-likeness (QED) is 0.304. The van der Waals surface area contributed by atoms with E-state index >= 15 is 0 Å². The van der Waals surface area contributed by atoms with Crippen LogP contribution in [-0.4, -0.2) is 12.3 Å². The number of hydrogen-bond acceptors (Lipinski definition) is 3. The summed E-state index contributed by atoms with van der Waals surface area (Å²) >= 11 is 0. The van der Waals surface area contributed by atoms with Gasteiger partial charge in [0.1, 0.15) is 6.29 Å². The van der Waals surface area contributed by atoms with Gasteiger partial charge in [-0.25, -0.2) is 4.79 Å². The molecule has 1 aromatic rings. The van der Waals surface area contributed by atoms with E-state index in [0.717, 1.165) is 12.3 Å². The monoisotopic (exact) mass is 176 g/mol. The van der Waals surface area contributed by atoms with Crippen molar-refractivity contribution in [3.05, 3.63) is 48.2 Å². The Morgan fingerprint density at radius 3 is 2.54 bits per heavy atom. The van der Waals surface area contributed by atoms with Crippen molar-refractivity contribution in [2.75, 3.05) is 0 Å². The molecular weight excluding hydrogens is 168 g/mol. The predicted molar refractivity (Wildman–Crippen MR) is 47.1 cm³/mol. The van der Waals surface area contributed by atoms with Gasteiger partial charge in [-0.3, -0.25) is 4.79 Å². The van der Waals surface area contributed by atoms with Gasteiger partial charge in [0.15, 0.2) is 0 Å². The number of carbonyl (C=O) groups is 2. The van der Waals surface area contributed by atoms with Crippen LogP contribution in [0.4, 0.5) is 0 Å². The molecule has 0 saturated carbocycles. The number of hydrogen-bond donors (Lipinski definition) is 0. The van der Waals surface area contributed by atoms with Gasteiger partial charge in [-0.1, -0.05) is 18.2 Å². The lowest BCUT2D eigenvalue weighted by Gasteiger charge is -1.96. The van der Waals surface area contributed by atoms with Crippen LogP contribution in [0.25, 0.3) is 0 Å². The zero-order valence-corrected chi connectivity index (χ0v) is 6.84. The van der Waals surface area contributed by atoms with Gasteiger partial charge in [0.05, 0.1) is 11.8 Å². The highest BCUT2D eigenvalue weighted by molar-refractivity contribution is 5.89. The molecule has 0 aromatic heterocycles. The first kappa shape index (κ1) is 9.19. The summed E-state index contributed by atoms with van der Waals surface area (Å²) in [6, 6.07) is 8.55. The highest BCUT2D eigenvalue weighted by Crippen LogP contribution is 2.00. The van der Waals surface area contributed by atoms with Gasteiger partial charge in [0, 0.05) is 6.08 Å². The van der Waals surface area contributed by atoms with Crippen molar-refractivity contribution in [2.45, 2.75) is 0 Å². The molecular formula is C10H8O3. The van der Waals surface area contributed by atoms with Gasteiger partial charge in [0.25, 0.3) is 0 Å². The van der Waals surface area contributed by atoms with Crippen LogP contribution in [0.1, 0.15) is 10.4 Å². The Morgan fingerprint density at radius 1 is 1.23 bits per heavy atom. The highest BCUT2D eigenvalue weighted by atomic mass is 16.5. The van der Waals surface area contributed by atoms with Crippen molar-refractivity contribution >= 4 is 12.3 Å². The Balaban J connectivity index is 2.59.